The average Bonchev–Trinajstić information content (AvgIpc) is 2.37. The molecule has 0 aliphatic carbocycles. The summed E-state index contributed by atoms with van der Waals surface area (Å²) in [6.45, 7) is 5.23. The van der Waals surface area contributed by atoms with Gasteiger partial charge in [0.2, 0.25) is 0 Å². The van der Waals surface area contributed by atoms with Gasteiger partial charge in [-0.15, -0.1) is 0 Å². The number of hydrogen-bond acceptors (Lipinski definition) is 4. The molecule has 0 saturated heterocycles. The third kappa shape index (κ3) is 5.04. The van der Waals surface area contributed by atoms with Gasteiger partial charge in [-0.05, 0) is 50.1 Å². The first-order valence-electron chi connectivity index (χ1n) is 6.00. The highest BCUT2D eigenvalue weighted by Crippen LogP contribution is 2.17. The number of nitrogens with zero attached hydrogens (tertiary/aromatic N) is 3. The Hall–Kier alpha value is -2.46. The number of benzene rings is 1. The highest BCUT2D eigenvalue weighted by atomic mass is 16.6. The lowest BCUT2D eigenvalue weighted by molar-refractivity contribution is -0.149. The quantitative estimate of drug-likeness (QED) is 0.276. The van der Waals surface area contributed by atoms with Gasteiger partial charge in [0.05, 0.1) is 7.11 Å². The predicted octanol–water partition coefficient (Wildman–Crippen LogP) is 3.69. The maximum Gasteiger partial charge on any atom is 0.341 e. The van der Waals surface area contributed by atoms with Crippen LogP contribution in [0.4, 0.5) is 0 Å². The first kappa shape index (κ1) is 15.6. The van der Waals surface area contributed by atoms with Crippen molar-refractivity contribution >= 4 is 12.0 Å². The molecule has 0 amide bonds. The number of carbonyl (C=O) groups excluding carboxylic acids is 1. The lowest BCUT2D eigenvalue weighted by Gasteiger charge is -2.19. The third-order valence-electron chi connectivity index (χ3n) is 2.18. The minimum absolute atomic E-state index is 0.0902. The van der Waals surface area contributed by atoms with Crippen LogP contribution in [0.3, 0.4) is 0 Å². The Labute approximate surface area is 117 Å². The molecule has 0 unspecified atom stereocenters. The number of hydrogen-bond donors (Lipinski definition) is 0. The van der Waals surface area contributed by atoms with Crippen LogP contribution in [-0.4, -0.2) is 18.7 Å². The first-order chi connectivity index (χ1) is 9.35. The molecule has 20 heavy (non-hydrogen) atoms. The topological polar surface area (TPSA) is 84.3 Å². The Bertz CT molecular complexity index is 550. The van der Waals surface area contributed by atoms with Crippen molar-refractivity contribution in [3.8, 4) is 5.75 Å². The Kier molecular flexibility index (Phi) is 5.17. The van der Waals surface area contributed by atoms with E-state index in [0.717, 1.165) is 0 Å². The highest BCUT2D eigenvalue weighted by molar-refractivity contribution is 5.93. The van der Waals surface area contributed by atoms with Crippen LogP contribution in [0, 0.1) is 0 Å². The van der Waals surface area contributed by atoms with E-state index < -0.39 is 11.6 Å². The molecular formula is C14H17N3O3. The molecule has 0 spiro atoms. The van der Waals surface area contributed by atoms with E-state index in [9.17, 15) is 4.79 Å². The summed E-state index contributed by atoms with van der Waals surface area (Å²) < 4.78 is 10.2. The zero-order valence-electron chi connectivity index (χ0n) is 12.0. The second kappa shape index (κ2) is 6.63. The minimum Gasteiger partial charge on any atom is -0.497 e. The Morgan fingerprint density at radius 3 is 2.35 bits per heavy atom. The van der Waals surface area contributed by atoms with Gasteiger partial charge in [-0.1, -0.05) is 17.2 Å². The smallest absolute Gasteiger partial charge is 0.341 e. The summed E-state index contributed by atoms with van der Waals surface area (Å²) in [6.07, 6.45) is 1.47. The molecule has 0 radical (unpaired) electrons. The van der Waals surface area contributed by atoms with Crippen molar-refractivity contribution in [2.45, 2.75) is 26.4 Å². The van der Waals surface area contributed by atoms with Crippen LogP contribution in [0.1, 0.15) is 26.3 Å². The van der Waals surface area contributed by atoms with Gasteiger partial charge in [-0.3, -0.25) is 0 Å². The van der Waals surface area contributed by atoms with Crippen molar-refractivity contribution in [3.05, 3.63) is 46.0 Å². The number of methoxy groups -OCH3 is 1. The summed E-state index contributed by atoms with van der Waals surface area (Å²) in [7, 11) is 1.57. The SMILES string of the molecule is COc1ccc(/C=C(\N=[N+]=[N-])C(=O)OC(C)(C)C)cc1. The first-order valence-corrected chi connectivity index (χ1v) is 6.00. The van der Waals surface area contributed by atoms with Crippen LogP contribution < -0.4 is 4.74 Å². The number of carbonyl (C=O) groups is 1. The van der Waals surface area contributed by atoms with Crippen molar-refractivity contribution in [1.29, 1.82) is 0 Å². The lowest BCUT2D eigenvalue weighted by atomic mass is 10.1. The van der Waals surface area contributed by atoms with E-state index in [2.05, 4.69) is 10.0 Å². The van der Waals surface area contributed by atoms with Crippen molar-refractivity contribution in [2.24, 2.45) is 5.11 Å². The van der Waals surface area contributed by atoms with Gasteiger partial charge < -0.3 is 9.47 Å². The molecule has 0 bridgehead atoms. The fourth-order valence-electron chi connectivity index (χ4n) is 1.37. The molecule has 0 atom stereocenters. The number of esters is 1. The molecule has 0 aromatic heterocycles. The van der Waals surface area contributed by atoms with Crippen molar-refractivity contribution in [3.63, 3.8) is 0 Å². The van der Waals surface area contributed by atoms with E-state index in [1.54, 1.807) is 52.1 Å². The monoisotopic (exact) mass is 275 g/mol. The molecule has 0 aliphatic heterocycles. The zero-order valence-corrected chi connectivity index (χ0v) is 12.0. The average molecular weight is 275 g/mol. The van der Waals surface area contributed by atoms with E-state index in [1.807, 2.05) is 0 Å². The predicted molar refractivity (Wildman–Crippen MR) is 76.0 cm³/mol. The van der Waals surface area contributed by atoms with E-state index in [4.69, 9.17) is 15.0 Å². The number of ether oxygens (including phenoxy) is 2. The minimum atomic E-state index is -0.661. The summed E-state index contributed by atoms with van der Waals surface area (Å²) in [5, 5.41) is 3.38. The molecule has 6 nitrogen and oxygen atoms in total. The molecule has 1 aromatic carbocycles. The highest BCUT2D eigenvalue weighted by Gasteiger charge is 2.19. The van der Waals surface area contributed by atoms with Gasteiger partial charge in [0.1, 0.15) is 17.0 Å². The van der Waals surface area contributed by atoms with Crippen molar-refractivity contribution in [1.82, 2.24) is 0 Å². The number of azide groups is 1. The normalized spacial score (nSPS) is 11.5. The molecule has 6 heteroatoms. The fourth-order valence-corrected chi connectivity index (χ4v) is 1.37. The van der Waals surface area contributed by atoms with Crippen LogP contribution in [0.25, 0.3) is 16.5 Å². The van der Waals surface area contributed by atoms with Gasteiger partial charge in [0.25, 0.3) is 0 Å². The summed E-state index contributed by atoms with van der Waals surface area (Å²) >= 11 is 0. The van der Waals surface area contributed by atoms with Gasteiger partial charge in [-0.2, -0.15) is 0 Å². The molecule has 106 valence electrons. The maximum absolute atomic E-state index is 11.9. The van der Waals surface area contributed by atoms with E-state index in [1.165, 1.54) is 6.08 Å². The number of rotatable bonds is 4. The van der Waals surface area contributed by atoms with E-state index >= 15 is 0 Å². The lowest BCUT2D eigenvalue weighted by Crippen LogP contribution is -2.24. The van der Waals surface area contributed by atoms with Gasteiger partial charge in [-0.25, -0.2) is 4.79 Å². The summed E-state index contributed by atoms with van der Waals surface area (Å²) in [6, 6.07) is 6.98. The maximum atomic E-state index is 11.9. The second-order valence-corrected chi connectivity index (χ2v) is 4.99. The molecule has 0 N–H and O–H groups in total. The molecule has 0 fully saturated rings. The zero-order chi connectivity index (χ0) is 15.2. The van der Waals surface area contributed by atoms with Crippen LogP contribution in [0.2, 0.25) is 0 Å². The van der Waals surface area contributed by atoms with Crippen LogP contribution in [0.5, 0.6) is 5.75 Å². The molecular weight excluding hydrogens is 258 g/mol. The Morgan fingerprint density at radius 1 is 1.30 bits per heavy atom. The van der Waals surface area contributed by atoms with E-state index in [-0.39, 0.29) is 5.70 Å². The molecule has 0 aliphatic rings. The summed E-state index contributed by atoms with van der Waals surface area (Å²) in [5.41, 5.74) is 8.50. The largest absolute Gasteiger partial charge is 0.497 e. The van der Waals surface area contributed by atoms with Gasteiger partial charge in [0.15, 0.2) is 0 Å². The fraction of sp³-hybridized carbons (Fsp3) is 0.357. The third-order valence-corrected chi connectivity index (χ3v) is 2.18. The van der Waals surface area contributed by atoms with Crippen molar-refractivity contribution < 1.29 is 14.3 Å². The Balaban J connectivity index is 3.02. The van der Waals surface area contributed by atoms with Gasteiger partial charge in [0, 0.05) is 4.91 Å². The van der Waals surface area contributed by atoms with Crippen LogP contribution in [-0.2, 0) is 9.53 Å². The molecule has 1 rings (SSSR count). The standard InChI is InChI=1S/C14H17N3O3/c1-14(2,3)20-13(18)12(16-17-15)9-10-5-7-11(19-4)8-6-10/h5-9H,1-4H3/b12-9-. The Morgan fingerprint density at radius 2 is 1.90 bits per heavy atom. The van der Waals surface area contributed by atoms with Crippen molar-refractivity contribution in [2.75, 3.05) is 7.11 Å². The van der Waals surface area contributed by atoms with Crippen LogP contribution >= 0.6 is 0 Å². The van der Waals surface area contributed by atoms with Crippen LogP contribution in [0.15, 0.2) is 35.1 Å². The molecule has 1 aromatic rings. The van der Waals surface area contributed by atoms with E-state index in [0.29, 0.717) is 11.3 Å². The summed E-state index contributed by atoms with van der Waals surface area (Å²) in [4.78, 5) is 14.5. The van der Waals surface area contributed by atoms with Gasteiger partial charge >= 0.3 is 5.97 Å². The second-order valence-electron chi connectivity index (χ2n) is 4.99. The molecule has 0 heterocycles. The molecule has 0 saturated carbocycles. The summed E-state index contributed by atoms with van der Waals surface area (Å²) in [5.74, 6) is 0.0378.